The van der Waals surface area contributed by atoms with Gasteiger partial charge in [-0.25, -0.2) is 4.79 Å². The van der Waals surface area contributed by atoms with Crippen LogP contribution >= 0.6 is 0 Å². The average Bonchev–Trinajstić information content (AvgIpc) is 2.06. The molecule has 0 aromatic rings. The van der Waals surface area contributed by atoms with Gasteiger partial charge in [0.15, 0.2) is 0 Å². The van der Waals surface area contributed by atoms with Crippen molar-refractivity contribution in [1.82, 2.24) is 4.90 Å². The molecule has 0 unspecified atom stereocenters. The first-order valence-electron chi connectivity index (χ1n) is 5.83. The van der Waals surface area contributed by atoms with E-state index in [0.29, 0.717) is 6.54 Å². The molecule has 0 radical (unpaired) electrons. The van der Waals surface area contributed by atoms with Crippen LogP contribution in [0.4, 0.5) is 4.79 Å². The summed E-state index contributed by atoms with van der Waals surface area (Å²) in [7, 11) is 0. The highest BCUT2D eigenvalue weighted by Crippen LogP contribution is 2.29. The minimum atomic E-state index is -0.541. The van der Waals surface area contributed by atoms with Crippen LogP contribution in [-0.4, -0.2) is 39.9 Å². The standard InChI is InChI=1S/C12H23NO3/c1-11(2,3)16-10(15)13-8-6-7-9(14)12(13,4)5/h9,14H,6-8H2,1-5H3/t9-/m1/s1. The number of nitrogens with zero attached hydrogens (tertiary/aromatic N) is 1. The van der Waals surface area contributed by atoms with Gasteiger partial charge in [-0.05, 0) is 47.5 Å². The number of carbonyl (C=O) groups is 1. The van der Waals surface area contributed by atoms with E-state index < -0.39 is 17.2 Å². The molecule has 0 saturated carbocycles. The van der Waals surface area contributed by atoms with Gasteiger partial charge in [-0.2, -0.15) is 0 Å². The van der Waals surface area contributed by atoms with E-state index in [1.165, 1.54) is 0 Å². The van der Waals surface area contributed by atoms with E-state index in [4.69, 9.17) is 4.74 Å². The van der Waals surface area contributed by atoms with Crippen LogP contribution in [0.1, 0.15) is 47.5 Å². The summed E-state index contributed by atoms with van der Waals surface area (Å²) in [6, 6.07) is 0. The molecule has 16 heavy (non-hydrogen) atoms. The third-order valence-corrected chi connectivity index (χ3v) is 2.98. The number of carbonyl (C=O) groups excluding carboxylic acids is 1. The van der Waals surface area contributed by atoms with Crippen molar-refractivity contribution in [3.8, 4) is 0 Å². The van der Waals surface area contributed by atoms with E-state index in [9.17, 15) is 9.90 Å². The molecule has 1 atom stereocenters. The molecule has 1 N–H and O–H groups in total. The summed E-state index contributed by atoms with van der Waals surface area (Å²) in [5.74, 6) is 0. The maximum absolute atomic E-state index is 12.0. The molecule has 4 nitrogen and oxygen atoms in total. The number of hydrogen-bond donors (Lipinski definition) is 1. The Morgan fingerprint density at radius 2 is 2.00 bits per heavy atom. The summed E-state index contributed by atoms with van der Waals surface area (Å²) in [6.45, 7) is 9.94. The molecular weight excluding hydrogens is 206 g/mol. The zero-order chi connectivity index (χ0) is 12.6. The quantitative estimate of drug-likeness (QED) is 0.692. The normalized spacial score (nSPS) is 25.4. The highest BCUT2D eigenvalue weighted by Gasteiger charge is 2.41. The van der Waals surface area contributed by atoms with Crippen molar-refractivity contribution in [1.29, 1.82) is 0 Å². The third-order valence-electron chi connectivity index (χ3n) is 2.98. The monoisotopic (exact) mass is 229 g/mol. The van der Waals surface area contributed by atoms with Crippen molar-refractivity contribution in [2.24, 2.45) is 0 Å². The van der Waals surface area contributed by atoms with Crippen LogP contribution in [0.25, 0.3) is 0 Å². The van der Waals surface area contributed by atoms with Gasteiger partial charge in [0.1, 0.15) is 5.60 Å². The lowest BCUT2D eigenvalue weighted by molar-refractivity contribution is -0.0567. The fourth-order valence-electron chi connectivity index (χ4n) is 1.91. The zero-order valence-electron chi connectivity index (χ0n) is 10.9. The number of likely N-dealkylation sites (tertiary alicyclic amines) is 1. The summed E-state index contributed by atoms with van der Waals surface area (Å²) in [5, 5.41) is 9.91. The van der Waals surface area contributed by atoms with Crippen LogP contribution in [0, 0.1) is 0 Å². The molecule has 0 bridgehead atoms. The molecule has 1 aliphatic heterocycles. The van der Waals surface area contributed by atoms with Crippen LogP contribution in [0.2, 0.25) is 0 Å². The fourth-order valence-corrected chi connectivity index (χ4v) is 1.91. The van der Waals surface area contributed by atoms with Crippen LogP contribution in [0.3, 0.4) is 0 Å². The molecule has 1 rings (SSSR count). The van der Waals surface area contributed by atoms with Crippen molar-refractivity contribution in [2.75, 3.05) is 6.54 Å². The van der Waals surface area contributed by atoms with Gasteiger partial charge in [0, 0.05) is 6.54 Å². The minimum absolute atomic E-state index is 0.337. The van der Waals surface area contributed by atoms with Crippen LogP contribution < -0.4 is 0 Å². The Morgan fingerprint density at radius 3 is 2.50 bits per heavy atom. The number of amides is 1. The number of aliphatic hydroxyl groups is 1. The summed E-state index contributed by atoms with van der Waals surface area (Å²) < 4.78 is 5.34. The topological polar surface area (TPSA) is 49.8 Å². The lowest BCUT2D eigenvalue weighted by Crippen LogP contribution is -2.59. The van der Waals surface area contributed by atoms with Gasteiger partial charge < -0.3 is 14.7 Å². The summed E-state index contributed by atoms with van der Waals surface area (Å²) in [4.78, 5) is 13.6. The summed E-state index contributed by atoms with van der Waals surface area (Å²) >= 11 is 0. The molecule has 0 aromatic carbocycles. The molecule has 0 aliphatic carbocycles. The van der Waals surface area contributed by atoms with Gasteiger partial charge in [0.2, 0.25) is 0 Å². The average molecular weight is 229 g/mol. The zero-order valence-corrected chi connectivity index (χ0v) is 10.9. The molecule has 0 spiro atoms. The smallest absolute Gasteiger partial charge is 0.410 e. The molecule has 1 aliphatic rings. The predicted octanol–water partition coefficient (Wildman–Crippen LogP) is 2.16. The van der Waals surface area contributed by atoms with Gasteiger partial charge in [-0.15, -0.1) is 0 Å². The second kappa shape index (κ2) is 4.24. The van der Waals surface area contributed by atoms with Gasteiger partial charge in [-0.1, -0.05) is 0 Å². The second-order valence-electron chi connectivity index (χ2n) is 5.94. The first kappa shape index (κ1) is 13.3. The van der Waals surface area contributed by atoms with E-state index in [0.717, 1.165) is 12.8 Å². The molecule has 1 amide bonds. The Balaban J connectivity index is 2.75. The lowest BCUT2D eigenvalue weighted by atomic mass is 9.88. The van der Waals surface area contributed by atoms with Crippen LogP contribution in [0.15, 0.2) is 0 Å². The number of ether oxygens (including phenoxy) is 1. The Kier molecular flexibility index (Phi) is 3.53. The Hall–Kier alpha value is -0.770. The third kappa shape index (κ3) is 2.88. The van der Waals surface area contributed by atoms with Gasteiger partial charge >= 0.3 is 6.09 Å². The fraction of sp³-hybridized carbons (Fsp3) is 0.917. The van der Waals surface area contributed by atoms with E-state index >= 15 is 0 Å². The Morgan fingerprint density at radius 1 is 1.44 bits per heavy atom. The number of hydrogen-bond acceptors (Lipinski definition) is 3. The van der Waals surface area contributed by atoms with E-state index in [-0.39, 0.29) is 6.09 Å². The van der Waals surface area contributed by atoms with E-state index in [2.05, 4.69) is 0 Å². The van der Waals surface area contributed by atoms with E-state index in [1.807, 2.05) is 34.6 Å². The first-order valence-corrected chi connectivity index (χ1v) is 5.83. The van der Waals surface area contributed by atoms with E-state index in [1.54, 1.807) is 4.90 Å². The lowest BCUT2D eigenvalue weighted by Gasteiger charge is -2.45. The summed E-state index contributed by atoms with van der Waals surface area (Å²) in [6.07, 6.45) is 0.751. The van der Waals surface area contributed by atoms with Crippen LogP contribution in [0.5, 0.6) is 0 Å². The SMILES string of the molecule is CC(C)(C)OC(=O)N1CCC[C@@H](O)C1(C)C. The molecule has 1 heterocycles. The van der Waals surface area contributed by atoms with Gasteiger partial charge in [0.05, 0.1) is 11.6 Å². The van der Waals surface area contributed by atoms with Crippen molar-refractivity contribution in [3.63, 3.8) is 0 Å². The van der Waals surface area contributed by atoms with Crippen LogP contribution in [-0.2, 0) is 4.74 Å². The molecule has 1 saturated heterocycles. The molecular formula is C12H23NO3. The number of piperidine rings is 1. The van der Waals surface area contributed by atoms with Gasteiger partial charge in [0.25, 0.3) is 0 Å². The molecule has 4 heteroatoms. The predicted molar refractivity (Wildman–Crippen MR) is 62.3 cm³/mol. The molecule has 94 valence electrons. The van der Waals surface area contributed by atoms with Crippen molar-refractivity contribution in [3.05, 3.63) is 0 Å². The maximum atomic E-state index is 12.0. The molecule has 0 aromatic heterocycles. The number of aliphatic hydroxyl groups excluding tert-OH is 1. The Bertz CT molecular complexity index is 268. The first-order chi connectivity index (χ1) is 7.14. The van der Waals surface area contributed by atoms with Crippen molar-refractivity contribution in [2.45, 2.75) is 64.7 Å². The van der Waals surface area contributed by atoms with Crippen molar-refractivity contribution >= 4 is 6.09 Å². The maximum Gasteiger partial charge on any atom is 0.410 e. The molecule has 1 fully saturated rings. The van der Waals surface area contributed by atoms with Gasteiger partial charge in [-0.3, -0.25) is 0 Å². The highest BCUT2D eigenvalue weighted by molar-refractivity contribution is 5.69. The number of rotatable bonds is 0. The minimum Gasteiger partial charge on any atom is -0.444 e. The second-order valence-corrected chi connectivity index (χ2v) is 5.94. The van der Waals surface area contributed by atoms with Crippen molar-refractivity contribution < 1.29 is 14.6 Å². The highest BCUT2D eigenvalue weighted by atomic mass is 16.6. The largest absolute Gasteiger partial charge is 0.444 e. The Labute approximate surface area is 97.6 Å². The summed E-state index contributed by atoms with van der Waals surface area (Å²) in [5.41, 5.74) is -1.03.